The van der Waals surface area contributed by atoms with Gasteiger partial charge < -0.3 is 29.7 Å². The number of aromatic nitrogens is 4. The van der Waals surface area contributed by atoms with Crippen molar-refractivity contribution in [1.29, 1.82) is 0 Å². The standard InChI is InChI=1S/C34H38N6O7/c1-33(2,3)47-32(42)39-29-28-30(37-19-36-29)40(20-38-28)31-24-16-34(43,44)15-23(24)26(46-31)17-35-27(41)14-13-22-11-7-8-12-25(22)45-18-21-9-5-4-6-10-21/h4-14,19-20,23-24,26,31,43-44H,15-18H2,1-3H3,(H,35,41)(H,36,37,39,42)/t23-,24?,26-,31-/m1/s1. The lowest BCUT2D eigenvalue weighted by Crippen LogP contribution is -2.36. The number of ether oxygens (including phenoxy) is 3. The molecule has 13 heteroatoms. The van der Waals surface area contributed by atoms with Gasteiger partial charge in [0.15, 0.2) is 22.8 Å². The minimum atomic E-state index is -1.88. The highest BCUT2D eigenvalue weighted by Crippen LogP contribution is 2.52. The highest BCUT2D eigenvalue weighted by Gasteiger charge is 2.55. The largest absolute Gasteiger partial charge is 0.488 e. The number of rotatable bonds is 9. The van der Waals surface area contributed by atoms with E-state index < -0.39 is 29.8 Å². The first-order valence-electron chi connectivity index (χ1n) is 15.5. The Balaban J connectivity index is 1.13. The summed E-state index contributed by atoms with van der Waals surface area (Å²) in [6.45, 7) is 5.82. The molecule has 1 saturated heterocycles. The third-order valence-corrected chi connectivity index (χ3v) is 8.13. The van der Waals surface area contributed by atoms with E-state index in [1.165, 1.54) is 18.7 Å². The summed E-state index contributed by atoms with van der Waals surface area (Å²) in [5, 5.41) is 26.7. The molecule has 4 N–H and O–H groups in total. The van der Waals surface area contributed by atoms with Crippen LogP contribution in [0.3, 0.4) is 0 Å². The minimum Gasteiger partial charge on any atom is -0.488 e. The number of benzene rings is 2. The fourth-order valence-electron chi connectivity index (χ4n) is 6.15. The molecule has 0 radical (unpaired) electrons. The van der Waals surface area contributed by atoms with Crippen LogP contribution >= 0.6 is 0 Å². The number of nitrogens with one attached hydrogen (secondary N) is 2. The van der Waals surface area contributed by atoms with Crippen LogP contribution in [0.1, 0.15) is 51.0 Å². The Morgan fingerprint density at radius 1 is 1.04 bits per heavy atom. The molecule has 4 atom stereocenters. The Morgan fingerprint density at radius 2 is 1.79 bits per heavy atom. The lowest BCUT2D eigenvalue weighted by molar-refractivity contribution is -0.170. The van der Waals surface area contributed by atoms with Crippen LogP contribution in [-0.4, -0.2) is 65.8 Å². The SMILES string of the molecule is CC(C)(C)OC(=O)Nc1ncnc2c1ncn2[C@@H]1O[C@H](CNC(=O)C=Cc2ccccc2OCc2ccccc2)[C@@H]2CC(O)(O)CC21. The molecule has 1 saturated carbocycles. The van der Waals surface area contributed by atoms with E-state index in [1.54, 1.807) is 31.4 Å². The van der Waals surface area contributed by atoms with Crippen molar-refractivity contribution in [2.45, 2.75) is 63.9 Å². The third-order valence-electron chi connectivity index (χ3n) is 8.13. The number of hydrogen-bond acceptors (Lipinski definition) is 10. The molecule has 2 fully saturated rings. The monoisotopic (exact) mass is 642 g/mol. The molecule has 3 heterocycles. The molecule has 47 heavy (non-hydrogen) atoms. The second-order valence-corrected chi connectivity index (χ2v) is 12.8. The van der Waals surface area contributed by atoms with Crippen LogP contribution in [0.5, 0.6) is 5.75 Å². The van der Waals surface area contributed by atoms with Gasteiger partial charge in [-0.15, -0.1) is 0 Å². The number of carbonyl (C=O) groups excluding carboxylic acids is 2. The van der Waals surface area contributed by atoms with Gasteiger partial charge in [0, 0.05) is 36.9 Å². The van der Waals surface area contributed by atoms with Crippen molar-refractivity contribution in [2.24, 2.45) is 11.8 Å². The second kappa shape index (κ2) is 13.1. The summed E-state index contributed by atoms with van der Waals surface area (Å²) >= 11 is 0. The van der Waals surface area contributed by atoms with Crippen molar-refractivity contribution in [3.63, 3.8) is 0 Å². The molecule has 2 amide bonds. The fourth-order valence-corrected chi connectivity index (χ4v) is 6.15. The maximum Gasteiger partial charge on any atom is 0.413 e. The van der Waals surface area contributed by atoms with Crippen LogP contribution in [-0.2, 0) is 20.9 Å². The molecule has 1 aliphatic heterocycles. The van der Waals surface area contributed by atoms with Crippen molar-refractivity contribution in [3.8, 4) is 5.75 Å². The fraction of sp³-hybridized carbons (Fsp3) is 0.382. The van der Waals surface area contributed by atoms with Gasteiger partial charge in [0.2, 0.25) is 5.91 Å². The molecule has 2 aromatic carbocycles. The molecule has 2 aliphatic rings. The number of fused-ring (bicyclic) bond motifs is 2. The van der Waals surface area contributed by atoms with Crippen molar-refractivity contribution >= 4 is 35.1 Å². The van der Waals surface area contributed by atoms with E-state index in [0.29, 0.717) is 23.5 Å². The zero-order valence-electron chi connectivity index (χ0n) is 26.4. The lowest BCUT2D eigenvalue weighted by atomic mass is 9.92. The van der Waals surface area contributed by atoms with Gasteiger partial charge in [0.25, 0.3) is 0 Å². The summed E-state index contributed by atoms with van der Waals surface area (Å²) in [5.41, 5.74) is 1.81. The normalized spacial score (nSPS) is 21.9. The summed E-state index contributed by atoms with van der Waals surface area (Å²) in [7, 11) is 0. The predicted molar refractivity (Wildman–Crippen MR) is 172 cm³/mol. The number of carbonyl (C=O) groups is 2. The summed E-state index contributed by atoms with van der Waals surface area (Å²) in [6, 6.07) is 17.3. The molecule has 13 nitrogen and oxygen atoms in total. The van der Waals surface area contributed by atoms with Crippen molar-refractivity contribution in [2.75, 3.05) is 11.9 Å². The average molecular weight is 643 g/mol. The van der Waals surface area contributed by atoms with Crippen molar-refractivity contribution in [3.05, 3.63) is 84.5 Å². The van der Waals surface area contributed by atoms with E-state index in [1.807, 2.05) is 54.6 Å². The topological polar surface area (TPSA) is 170 Å². The number of aliphatic hydroxyl groups is 2. The summed E-state index contributed by atoms with van der Waals surface area (Å²) in [5.74, 6) is -1.94. The molecule has 1 aliphatic carbocycles. The average Bonchev–Trinajstić information content (AvgIpc) is 3.69. The molecular weight excluding hydrogens is 604 g/mol. The maximum atomic E-state index is 12.9. The van der Waals surface area contributed by atoms with Crippen LogP contribution in [0.25, 0.3) is 17.2 Å². The molecule has 0 spiro atoms. The Bertz CT molecular complexity index is 1770. The Labute approximate surface area is 271 Å². The number of hydrogen-bond donors (Lipinski definition) is 4. The lowest BCUT2D eigenvalue weighted by Gasteiger charge is -2.23. The minimum absolute atomic E-state index is 0.0697. The zero-order chi connectivity index (χ0) is 33.2. The van der Waals surface area contributed by atoms with Gasteiger partial charge >= 0.3 is 6.09 Å². The molecule has 2 aromatic heterocycles. The highest BCUT2D eigenvalue weighted by molar-refractivity contribution is 5.93. The number of amides is 2. The highest BCUT2D eigenvalue weighted by atomic mass is 16.6. The number of imidazole rings is 1. The number of anilines is 1. The van der Waals surface area contributed by atoms with Gasteiger partial charge in [-0.05, 0) is 44.4 Å². The van der Waals surface area contributed by atoms with E-state index in [-0.39, 0.29) is 42.9 Å². The van der Waals surface area contributed by atoms with Crippen LogP contribution in [0, 0.1) is 11.8 Å². The third kappa shape index (κ3) is 7.59. The van der Waals surface area contributed by atoms with Crippen LogP contribution < -0.4 is 15.4 Å². The van der Waals surface area contributed by atoms with E-state index >= 15 is 0 Å². The van der Waals surface area contributed by atoms with Gasteiger partial charge in [-0.25, -0.2) is 19.7 Å². The Hall–Kier alpha value is -4.85. The maximum absolute atomic E-state index is 12.9. The first-order chi connectivity index (χ1) is 22.5. The first-order valence-corrected chi connectivity index (χ1v) is 15.5. The van der Waals surface area contributed by atoms with E-state index in [4.69, 9.17) is 14.2 Å². The Morgan fingerprint density at radius 3 is 2.57 bits per heavy atom. The van der Waals surface area contributed by atoms with Crippen molar-refractivity contribution in [1.82, 2.24) is 24.8 Å². The van der Waals surface area contributed by atoms with E-state index in [9.17, 15) is 19.8 Å². The molecule has 0 bridgehead atoms. The molecule has 6 rings (SSSR count). The van der Waals surface area contributed by atoms with Crippen molar-refractivity contribution < 1.29 is 34.0 Å². The first kappa shape index (κ1) is 32.1. The number of para-hydroxylation sites is 1. The van der Waals surface area contributed by atoms with Crippen LogP contribution in [0.15, 0.2) is 73.3 Å². The molecule has 246 valence electrons. The van der Waals surface area contributed by atoms with Crippen LogP contribution in [0.2, 0.25) is 0 Å². The van der Waals surface area contributed by atoms with Gasteiger partial charge in [0.1, 0.15) is 30.5 Å². The summed E-state index contributed by atoms with van der Waals surface area (Å²) < 4.78 is 19.5. The summed E-state index contributed by atoms with van der Waals surface area (Å²) in [6.07, 6.45) is 4.26. The molecule has 4 aromatic rings. The smallest absolute Gasteiger partial charge is 0.413 e. The van der Waals surface area contributed by atoms with E-state index in [0.717, 1.165) is 11.1 Å². The van der Waals surface area contributed by atoms with Crippen LogP contribution in [0.4, 0.5) is 10.6 Å². The Kier molecular flexibility index (Phi) is 8.95. The van der Waals surface area contributed by atoms with Gasteiger partial charge in [0.05, 0.1) is 12.4 Å². The van der Waals surface area contributed by atoms with E-state index in [2.05, 4.69) is 25.6 Å². The number of nitrogens with zero attached hydrogens (tertiary/aromatic N) is 4. The zero-order valence-corrected chi connectivity index (χ0v) is 26.4. The van der Waals surface area contributed by atoms with Gasteiger partial charge in [-0.2, -0.15) is 0 Å². The second-order valence-electron chi connectivity index (χ2n) is 12.8. The molecular formula is C34H38N6O7. The van der Waals surface area contributed by atoms with Gasteiger partial charge in [-0.3, -0.25) is 14.7 Å². The summed E-state index contributed by atoms with van der Waals surface area (Å²) in [4.78, 5) is 38.3. The quantitative estimate of drug-likeness (QED) is 0.153. The predicted octanol–water partition coefficient (Wildman–Crippen LogP) is 4.19. The molecule has 1 unspecified atom stereocenters. The van der Waals surface area contributed by atoms with Gasteiger partial charge in [-0.1, -0.05) is 48.5 Å².